The minimum absolute atomic E-state index is 0.00377. The first-order chi connectivity index (χ1) is 14.2. The van der Waals surface area contributed by atoms with E-state index in [-0.39, 0.29) is 22.9 Å². The van der Waals surface area contributed by atoms with E-state index in [9.17, 15) is 9.59 Å². The summed E-state index contributed by atoms with van der Waals surface area (Å²) < 4.78 is 0.918. The molecule has 0 saturated carbocycles. The van der Waals surface area contributed by atoms with E-state index in [2.05, 4.69) is 47.3 Å². The highest BCUT2D eigenvalue weighted by molar-refractivity contribution is 9.10. The molecule has 0 aliphatic rings. The molecule has 2 amide bonds. The molecule has 4 nitrogen and oxygen atoms in total. The summed E-state index contributed by atoms with van der Waals surface area (Å²) >= 11 is 4.87. The molecule has 0 radical (unpaired) electrons. The van der Waals surface area contributed by atoms with Crippen LogP contribution >= 0.6 is 27.3 Å². The zero-order valence-corrected chi connectivity index (χ0v) is 19.4. The fourth-order valence-electron chi connectivity index (χ4n) is 2.72. The van der Waals surface area contributed by atoms with Crippen LogP contribution in [0.4, 0.5) is 5.69 Å². The van der Waals surface area contributed by atoms with Crippen molar-refractivity contribution in [1.82, 2.24) is 5.32 Å². The summed E-state index contributed by atoms with van der Waals surface area (Å²) in [4.78, 5) is 26.6. The number of carbonyl (C=O) groups is 2. The lowest BCUT2D eigenvalue weighted by molar-refractivity contribution is -0.113. The number of amides is 2. The van der Waals surface area contributed by atoms with Gasteiger partial charge in [-0.3, -0.25) is 9.59 Å². The van der Waals surface area contributed by atoms with E-state index in [1.54, 1.807) is 30.3 Å². The van der Waals surface area contributed by atoms with Crippen LogP contribution in [-0.4, -0.2) is 11.8 Å². The first-order valence-corrected chi connectivity index (χ1v) is 11.1. The lowest BCUT2D eigenvalue weighted by Crippen LogP contribution is -2.30. The maximum absolute atomic E-state index is 12.9. The SMILES string of the molecule is CC(C)(C)c1ccc(C(=O)N/C(=C/c2cccs2)C(=O)Nc2ccc(Br)cc2)cc1. The Bertz CT molecular complexity index is 1050. The molecular weight excluding hydrogens is 460 g/mol. The van der Waals surface area contributed by atoms with Gasteiger partial charge >= 0.3 is 0 Å². The molecule has 1 heterocycles. The molecule has 0 bridgehead atoms. The fraction of sp³-hybridized carbons (Fsp3) is 0.167. The molecule has 30 heavy (non-hydrogen) atoms. The van der Waals surface area contributed by atoms with Gasteiger partial charge in [-0.25, -0.2) is 0 Å². The van der Waals surface area contributed by atoms with Gasteiger partial charge in [0.25, 0.3) is 11.8 Å². The van der Waals surface area contributed by atoms with Crippen LogP contribution < -0.4 is 10.6 Å². The van der Waals surface area contributed by atoms with Crippen molar-refractivity contribution in [2.24, 2.45) is 0 Å². The Morgan fingerprint density at radius 3 is 2.20 bits per heavy atom. The molecule has 2 N–H and O–H groups in total. The Balaban J connectivity index is 1.81. The third-order valence-corrected chi connectivity index (χ3v) is 5.79. The first kappa shape index (κ1) is 22.0. The molecule has 0 aliphatic heterocycles. The average Bonchev–Trinajstić information content (AvgIpc) is 3.22. The van der Waals surface area contributed by atoms with Gasteiger partial charge in [-0.15, -0.1) is 11.3 Å². The Hall–Kier alpha value is -2.70. The maximum atomic E-state index is 12.9. The molecule has 154 valence electrons. The number of hydrogen-bond donors (Lipinski definition) is 2. The summed E-state index contributed by atoms with van der Waals surface area (Å²) in [5.74, 6) is -0.713. The van der Waals surface area contributed by atoms with Crippen LogP contribution in [-0.2, 0) is 10.2 Å². The molecule has 0 aliphatic carbocycles. The van der Waals surface area contributed by atoms with Gasteiger partial charge in [0.15, 0.2) is 0 Å². The van der Waals surface area contributed by atoms with E-state index < -0.39 is 0 Å². The van der Waals surface area contributed by atoms with Crippen LogP contribution in [0.15, 0.2) is 76.2 Å². The standard InChI is InChI=1S/C24H23BrN2O2S/c1-24(2,3)17-8-6-16(7-9-17)22(28)27-21(15-20-5-4-14-30-20)23(29)26-19-12-10-18(25)11-13-19/h4-15H,1-3H3,(H,26,29)(H,27,28)/b21-15+. The molecule has 1 aromatic heterocycles. The second-order valence-electron chi connectivity index (χ2n) is 7.82. The highest BCUT2D eigenvalue weighted by Crippen LogP contribution is 2.22. The minimum Gasteiger partial charge on any atom is -0.321 e. The molecule has 3 rings (SSSR count). The van der Waals surface area contributed by atoms with Crippen molar-refractivity contribution in [3.63, 3.8) is 0 Å². The minimum atomic E-state index is -0.384. The number of nitrogens with one attached hydrogen (secondary N) is 2. The van der Waals surface area contributed by atoms with E-state index >= 15 is 0 Å². The third-order valence-electron chi connectivity index (χ3n) is 4.44. The highest BCUT2D eigenvalue weighted by atomic mass is 79.9. The summed E-state index contributed by atoms with van der Waals surface area (Å²) in [7, 11) is 0. The van der Waals surface area contributed by atoms with E-state index in [4.69, 9.17) is 0 Å². The van der Waals surface area contributed by atoms with Crippen molar-refractivity contribution in [3.05, 3.63) is 92.2 Å². The number of anilines is 1. The van der Waals surface area contributed by atoms with Crippen LogP contribution in [0.1, 0.15) is 41.6 Å². The summed E-state index contributed by atoms with van der Waals surface area (Å²) in [6, 6.07) is 18.5. The number of thiophene rings is 1. The second-order valence-corrected chi connectivity index (χ2v) is 9.71. The molecule has 0 spiro atoms. The number of benzene rings is 2. The molecule has 0 atom stereocenters. The molecule has 2 aromatic carbocycles. The Labute approximate surface area is 189 Å². The van der Waals surface area contributed by atoms with Gasteiger partial charge in [-0.2, -0.15) is 0 Å². The number of halogens is 1. The van der Waals surface area contributed by atoms with Crippen molar-refractivity contribution >= 4 is 50.8 Å². The van der Waals surface area contributed by atoms with E-state index in [0.29, 0.717) is 11.3 Å². The summed E-state index contributed by atoms with van der Waals surface area (Å²) in [6.07, 6.45) is 1.68. The zero-order chi connectivity index (χ0) is 21.7. The quantitative estimate of drug-likeness (QED) is 0.424. The van der Waals surface area contributed by atoms with Gasteiger partial charge in [0.2, 0.25) is 0 Å². The second kappa shape index (κ2) is 9.41. The predicted molar refractivity (Wildman–Crippen MR) is 128 cm³/mol. The topological polar surface area (TPSA) is 58.2 Å². The predicted octanol–water partition coefficient (Wildman–Crippen LogP) is 6.22. The molecule has 0 saturated heterocycles. The molecule has 6 heteroatoms. The van der Waals surface area contributed by atoms with Crippen molar-refractivity contribution in [3.8, 4) is 0 Å². The lowest BCUT2D eigenvalue weighted by atomic mass is 9.87. The fourth-order valence-corrected chi connectivity index (χ4v) is 3.64. The highest BCUT2D eigenvalue weighted by Gasteiger charge is 2.17. The van der Waals surface area contributed by atoms with Crippen molar-refractivity contribution in [2.45, 2.75) is 26.2 Å². The lowest BCUT2D eigenvalue weighted by Gasteiger charge is -2.19. The normalized spacial score (nSPS) is 11.8. The maximum Gasteiger partial charge on any atom is 0.272 e. The van der Waals surface area contributed by atoms with Gasteiger partial charge in [0, 0.05) is 20.6 Å². The van der Waals surface area contributed by atoms with Crippen LogP contribution in [0.25, 0.3) is 6.08 Å². The van der Waals surface area contributed by atoms with Gasteiger partial charge < -0.3 is 10.6 Å². The Kier molecular flexibility index (Phi) is 6.90. The Morgan fingerprint density at radius 1 is 0.967 bits per heavy atom. The number of carbonyl (C=O) groups excluding carboxylic acids is 2. The average molecular weight is 483 g/mol. The van der Waals surface area contributed by atoms with E-state index in [0.717, 1.165) is 14.9 Å². The van der Waals surface area contributed by atoms with Gasteiger partial charge in [-0.1, -0.05) is 54.9 Å². The van der Waals surface area contributed by atoms with Gasteiger partial charge in [0.05, 0.1) is 0 Å². The zero-order valence-electron chi connectivity index (χ0n) is 17.0. The molecule has 0 unspecified atom stereocenters. The third kappa shape index (κ3) is 5.90. The first-order valence-electron chi connectivity index (χ1n) is 9.46. The largest absolute Gasteiger partial charge is 0.321 e. The number of rotatable bonds is 5. The van der Waals surface area contributed by atoms with Crippen LogP contribution in [0.2, 0.25) is 0 Å². The molecular formula is C24H23BrN2O2S. The summed E-state index contributed by atoms with van der Waals surface area (Å²) in [5.41, 5.74) is 2.47. The van der Waals surface area contributed by atoms with Gasteiger partial charge in [-0.05, 0) is 64.9 Å². The van der Waals surface area contributed by atoms with E-state index in [1.807, 2.05) is 41.8 Å². The van der Waals surface area contributed by atoms with Crippen LogP contribution in [0.3, 0.4) is 0 Å². The molecule has 0 fully saturated rings. The summed E-state index contributed by atoms with van der Waals surface area (Å²) in [5, 5.41) is 7.52. The van der Waals surface area contributed by atoms with Crippen molar-refractivity contribution in [2.75, 3.05) is 5.32 Å². The molecule has 3 aromatic rings. The number of hydrogen-bond acceptors (Lipinski definition) is 3. The van der Waals surface area contributed by atoms with Crippen LogP contribution in [0, 0.1) is 0 Å². The van der Waals surface area contributed by atoms with E-state index in [1.165, 1.54) is 11.3 Å². The monoisotopic (exact) mass is 482 g/mol. The van der Waals surface area contributed by atoms with Crippen LogP contribution in [0.5, 0.6) is 0 Å². The van der Waals surface area contributed by atoms with Crippen molar-refractivity contribution < 1.29 is 9.59 Å². The smallest absolute Gasteiger partial charge is 0.272 e. The van der Waals surface area contributed by atoms with Gasteiger partial charge in [0.1, 0.15) is 5.70 Å². The summed E-state index contributed by atoms with van der Waals surface area (Å²) in [6.45, 7) is 6.36. The Morgan fingerprint density at radius 2 is 1.63 bits per heavy atom. The van der Waals surface area contributed by atoms with Crippen molar-refractivity contribution in [1.29, 1.82) is 0 Å².